The number of hydrogen-bond acceptors (Lipinski definition) is 3. The van der Waals surface area contributed by atoms with Crippen LogP contribution in [0.5, 0.6) is 0 Å². The minimum absolute atomic E-state index is 0.0141. The molecule has 0 aromatic rings. The Kier molecular flexibility index (Phi) is 6.70. The summed E-state index contributed by atoms with van der Waals surface area (Å²) < 4.78 is 0. The van der Waals surface area contributed by atoms with Gasteiger partial charge in [0.15, 0.2) is 0 Å². The Morgan fingerprint density at radius 1 is 1.20 bits per heavy atom. The maximum Gasteiger partial charge on any atom is 0.239 e. The normalized spacial score (nSPS) is 12.3. The van der Waals surface area contributed by atoms with Gasteiger partial charge in [0.2, 0.25) is 11.8 Å². The van der Waals surface area contributed by atoms with Crippen LogP contribution in [0, 0.1) is 0 Å². The number of hydrogen-bond donors (Lipinski definition) is 3. The van der Waals surface area contributed by atoms with Crippen molar-refractivity contribution in [3.63, 3.8) is 0 Å². The average molecular weight is 215 g/mol. The SMILES string of the molecule is CC(N)CCC(=O)NCC(=O)NC(C)C. The van der Waals surface area contributed by atoms with E-state index in [4.69, 9.17) is 5.73 Å². The van der Waals surface area contributed by atoms with Gasteiger partial charge in [0.1, 0.15) is 0 Å². The Hall–Kier alpha value is -1.10. The first-order valence-electron chi connectivity index (χ1n) is 5.23. The number of rotatable bonds is 6. The summed E-state index contributed by atoms with van der Waals surface area (Å²) in [4.78, 5) is 22.3. The number of nitrogens with one attached hydrogen (secondary N) is 2. The Balaban J connectivity index is 3.58. The molecule has 0 fully saturated rings. The largest absolute Gasteiger partial charge is 0.352 e. The van der Waals surface area contributed by atoms with Gasteiger partial charge in [-0.25, -0.2) is 0 Å². The van der Waals surface area contributed by atoms with Crippen LogP contribution in [-0.4, -0.2) is 30.4 Å². The van der Waals surface area contributed by atoms with Crippen molar-refractivity contribution in [3.05, 3.63) is 0 Å². The Morgan fingerprint density at radius 2 is 1.80 bits per heavy atom. The third kappa shape index (κ3) is 9.21. The summed E-state index contributed by atoms with van der Waals surface area (Å²) in [5.74, 6) is -0.301. The van der Waals surface area contributed by atoms with Crippen LogP contribution < -0.4 is 16.4 Å². The molecule has 0 spiro atoms. The topological polar surface area (TPSA) is 84.2 Å². The molecule has 0 aliphatic heterocycles. The zero-order valence-electron chi connectivity index (χ0n) is 9.67. The standard InChI is InChI=1S/C10H21N3O2/c1-7(2)13-10(15)6-12-9(14)5-4-8(3)11/h7-8H,4-6,11H2,1-3H3,(H,12,14)(H,13,15). The zero-order chi connectivity index (χ0) is 11.8. The molecule has 2 amide bonds. The maximum absolute atomic E-state index is 11.2. The monoisotopic (exact) mass is 215 g/mol. The van der Waals surface area contributed by atoms with Gasteiger partial charge >= 0.3 is 0 Å². The summed E-state index contributed by atoms with van der Waals surface area (Å²) in [6.45, 7) is 5.63. The molecule has 15 heavy (non-hydrogen) atoms. The van der Waals surface area contributed by atoms with E-state index < -0.39 is 0 Å². The molecular weight excluding hydrogens is 194 g/mol. The van der Waals surface area contributed by atoms with E-state index in [1.807, 2.05) is 20.8 Å². The molecule has 0 aromatic heterocycles. The highest BCUT2D eigenvalue weighted by Crippen LogP contribution is 1.92. The van der Waals surface area contributed by atoms with Gasteiger partial charge in [-0.15, -0.1) is 0 Å². The van der Waals surface area contributed by atoms with Crippen LogP contribution in [0.4, 0.5) is 0 Å². The molecule has 4 N–H and O–H groups in total. The third-order valence-corrected chi connectivity index (χ3v) is 1.72. The van der Waals surface area contributed by atoms with Crippen molar-refractivity contribution in [2.75, 3.05) is 6.54 Å². The van der Waals surface area contributed by atoms with E-state index in [9.17, 15) is 9.59 Å². The van der Waals surface area contributed by atoms with Gasteiger partial charge in [-0.2, -0.15) is 0 Å². The number of carbonyl (C=O) groups is 2. The molecule has 5 nitrogen and oxygen atoms in total. The molecule has 0 saturated carbocycles. The number of carbonyl (C=O) groups excluding carboxylic acids is 2. The van der Waals surface area contributed by atoms with Gasteiger partial charge in [-0.3, -0.25) is 9.59 Å². The lowest BCUT2D eigenvalue weighted by molar-refractivity contribution is -0.126. The first-order chi connectivity index (χ1) is 6.91. The molecule has 1 atom stereocenters. The van der Waals surface area contributed by atoms with Gasteiger partial charge in [-0.1, -0.05) is 0 Å². The molecule has 0 bridgehead atoms. The molecule has 0 aliphatic rings. The summed E-state index contributed by atoms with van der Waals surface area (Å²) >= 11 is 0. The summed E-state index contributed by atoms with van der Waals surface area (Å²) in [7, 11) is 0. The van der Waals surface area contributed by atoms with Crippen LogP contribution in [0.3, 0.4) is 0 Å². The average Bonchev–Trinajstić information content (AvgIpc) is 2.10. The summed E-state index contributed by atoms with van der Waals surface area (Å²) in [6, 6.07) is 0.110. The first-order valence-corrected chi connectivity index (χ1v) is 5.23. The summed E-state index contributed by atoms with van der Waals surface area (Å²) in [5.41, 5.74) is 5.50. The molecule has 0 rings (SSSR count). The molecule has 5 heteroatoms. The molecular formula is C10H21N3O2. The first kappa shape index (κ1) is 13.9. The predicted octanol–water partition coefficient (Wildman–Crippen LogP) is -0.245. The lowest BCUT2D eigenvalue weighted by Crippen LogP contribution is -2.40. The van der Waals surface area contributed by atoms with Gasteiger partial charge in [0.25, 0.3) is 0 Å². The highest BCUT2D eigenvalue weighted by molar-refractivity contribution is 5.84. The van der Waals surface area contributed by atoms with E-state index in [1.165, 1.54) is 0 Å². The van der Waals surface area contributed by atoms with Crippen molar-refractivity contribution >= 4 is 11.8 Å². The molecule has 0 radical (unpaired) electrons. The van der Waals surface area contributed by atoms with Gasteiger partial charge in [-0.05, 0) is 27.2 Å². The molecule has 0 aromatic carbocycles. The second-order valence-corrected chi connectivity index (χ2v) is 4.01. The van der Waals surface area contributed by atoms with Crippen LogP contribution in [0.15, 0.2) is 0 Å². The number of amides is 2. The fourth-order valence-corrected chi connectivity index (χ4v) is 0.999. The van der Waals surface area contributed by atoms with Crippen molar-refractivity contribution in [3.8, 4) is 0 Å². The Labute approximate surface area is 90.8 Å². The highest BCUT2D eigenvalue weighted by atomic mass is 16.2. The van der Waals surface area contributed by atoms with E-state index in [1.54, 1.807) is 0 Å². The predicted molar refractivity (Wildman–Crippen MR) is 59.2 cm³/mol. The lowest BCUT2D eigenvalue weighted by Gasteiger charge is -2.09. The minimum atomic E-state index is -0.167. The van der Waals surface area contributed by atoms with Gasteiger partial charge in [0.05, 0.1) is 6.54 Å². The van der Waals surface area contributed by atoms with Crippen LogP contribution in [0.25, 0.3) is 0 Å². The Morgan fingerprint density at radius 3 is 2.27 bits per heavy atom. The smallest absolute Gasteiger partial charge is 0.239 e. The molecule has 0 heterocycles. The van der Waals surface area contributed by atoms with Crippen molar-refractivity contribution in [1.29, 1.82) is 0 Å². The van der Waals surface area contributed by atoms with Crippen LogP contribution in [-0.2, 0) is 9.59 Å². The van der Waals surface area contributed by atoms with E-state index in [-0.39, 0.29) is 30.4 Å². The lowest BCUT2D eigenvalue weighted by atomic mass is 10.2. The quantitative estimate of drug-likeness (QED) is 0.571. The van der Waals surface area contributed by atoms with E-state index in [0.717, 1.165) is 0 Å². The number of nitrogens with two attached hydrogens (primary N) is 1. The second-order valence-electron chi connectivity index (χ2n) is 4.01. The van der Waals surface area contributed by atoms with Crippen molar-refractivity contribution in [2.24, 2.45) is 5.73 Å². The van der Waals surface area contributed by atoms with E-state index in [2.05, 4.69) is 10.6 Å². The fraction of sp³-hybridized carbons (Fsp3) is 0.800. The van der Waals surface area contributed by atoms with Gasteiger partial charge in [0, 0.05) is 18.5 Å². The van der Waals surface area contributed by atoms with Crippen molar-refractivity contribution in [1.82, 2.24) is 10.6 Å². The minimum Gasteiger partial charge on any atom is -0.352 e. The van der Waals surface area contributed by atoms with Crippen LogP contribution in [0.1, 0.15) is 33.6 Å². The van der Waals surface area contributed by atoms with Crippen LogP contribution in [0.2, 0.25) is 0 Å². The van der Waals surface area contributed by atoms with Crippen LogP contribution >= 0.6 is 0 Å². The van der Waals surface area contributed by atoms with Crippen molar-refractivity contribution < 1.29 is 9.59 Å². The summed E-state index contributed by atoms with van der Waals surface area (Å²) in [6.07, 6.45) is 1.00. The van der Waals surface area contributed by atoms with E-state index in [0.29, 0.717) is 12.8 Å². The molecule has 0 saturated heterocycles. The molecule has 1 unspecified atom stereocenters. The third-order valence-electron chi connectivity index (χ3n) is 1.72. The molecule has 88 valence electrons. The highest BCUT2D eigenvalue weighted by Gasteiger charge is 2.06. The van der Waals surface area contributed by atoms with E-state index >= 15 is 0 Å². The summed E-state index contributed by atoms with van der Waals surface area (Å²) in [5, 5.41) is 5.22. The second kappa shape index (κ2) is 7.23. The zero-order valence-corrected chi connectivity index (χ0v) is 9.67. The van der Waals surface area contributed by atoms with Crippen molar-refractivity contribution in [2.45, 2.75) is 45.7 Å². The maximum atomic E-state index is 11.2. The Bertz CT molecular complexity index is 215. The fourth-order valence-electron chi connectivity index (χ4n) is 0.999. The molecule has 0 aliphatic carbocycles. The van der Waals surface area contributed by atoms with Gasteiger partial charge < -0.3 is 16.4 Å².